The molecule has 0 aromatic heterocycles. The van der Waals surface area contributed by atoms with E-state index in [4.69, 9.17) is 4.74 Å². The summed E-state index contributed by atoms with van der Waals surface area (Å²) in [5, 5.41) is 10.7. The van der Waals surface area contributed by atoms with Crippen LogP contribution in [0, 0.1) is 10.1 Å². The molecule has 0 saturated heterocycles. The van der Waals surface area contributed by atoms with Crippen LogP contribution in [-0.2, 0) is 0 Å². The summed E-state index contributed by atoms with van der Waals surface area (Å²) >= 11 is 0. The van der Waals surface area contributed by atoms with Crippen LogP contribution in [0.4, 0.5) is 18.9 Å². The van der Waals surface area contributed by atoms with Gasteiger partial charge < -0.3 is 4.74 Å². The molecule has 0 aliphatic carbocycles. The van der Waals surface area contributed by atoms with Crippen molar-refractivity contribution in [2.24, 2.45) is 0 Å². The maximum absolute atomic E-state index is 11.9. The fourth-order valence-corrected chi connectivity index (χ4v) is 1.33. The molecule has 0 heterocycles. The predicted molar refractivity (Wildman–Crippen MR) is 59.3 cm³/mol. The molecule has 0 radical (unpaired) electrons. The number of nitrogens with zero attached hydrogens (tertiary/aromatic N) is 1. The molecule has 0 unspecified atom stereocenters. The molecule has 0 aliphatic rings. The van der Waals surface area contributed by atoms with Gasteiger partial charge in [-0.3, -0.25) is 14.9 Å². The van der Waals surface area contributed by atoms with Crippen molar-refractivity contribution in [1.29, 1.82) is 0 Å². The monoisotopic (exact) mass is 277 g/mol. The Kier molecular flexibility index (Phi) is 4.47. The molecule has 0 aliphatic heterocycles. The summed E-state index contributed by atoms with van der Waals surface area (Å²) in [4.78, 5) is 21.1. The number of ketones is 1. The zero-order chi connectivity index (χ0) is 14.6. The zero-order valence-electron chi connectivity index (χ0n) is 9.86. The molecule has 1 aromatic rings. The Morgan fingerprint density at radius 3 is 2.53 bits per heavy atom. The molecule has 0 bridgehead atoms. The first-order chi connectivity index (χ1) is 8.70. The van der Waals surface area contributed by atoms with Gasteiger partial charge in [0.25, 0.3) is 5.69 Å². The van der Waals surface area contributed by atoms with E-state index in [1.165, 1.54) is 6.07 Å². The van der Waals surface area contributed by atoms with Crippen LogP contribution in [0.5, 0.6) is 5.75 Å². The topological polar surface area (TPSA) is 69.4 Å². The number of alkyl halides is 3. The number of ether oxygens (including phenoxy) is 1. The number of carbonyl (C=O) groups excluding carboxylic acids is 1. The molecule has 0 spiro atoms. The molecule has 8 heteroatoms. The first kappa shape index (κ1) is 14.9. The Bertz CT molecular complexity index is 499. The minimum Gasteiger partial charge on any atom is -0.493 e. The van der Waals surface area contributed by atoms with Crippen LogP contribution < -0.4 is 4.74 Å². The van der Waals surface area contributed by atoms with Crippen molar-refractivity contribution in [3.05, 3.63) is 33.9 Å². The molecular weight excluding hydrogens is 267 g/mol. The van der Waals surface area contributed by atoms with E-state index >= 15 is 0 Å². The third kappa shape index (κ3) is 4.57. The third-order valence-electron chi connectivity index (χ3n) is 2.20. The summed E-state index contributed by atoms with van der Waals surface area (Å²) in [7, 11) is 0. The summed E-state index contributed by atoms with van der Waals surface area (Å²) in [6.45, 7) is 0.520. The van der Waals surface area contributed by atoms with Crippen molar-refractivity contribution in [1.82, 2.24) is 0 Å². The Labute approximate surface area is 106 Å². The molecule has 19 heavy (non-hydrogen) atoms. The molecule has 0 saturated carbocycles. The van der Waals surface area contributed by atoms with Gasteiger partial charge in [0.15, 0.2) is 5.78 Å². The number of hydrogen-bond donors (Lipinski definition) is 0. The molecule has 0 N–H and O–H groups in total. The average Bonchev–Trinajstić information content (AvgIpc) is 2.26. The highest BCUT2D eigenvalue weighted by atomic mass is 19.4. The molecule has 0 atom stereocenters. The first-order valence-electron chi connectivity index (χ1n) is 5.19. The van der Waals surface area contributed by atoms with Crippen LogP contribution in [0.25, 0.3) is 0 Å². The van der Waals surface area contributed by atoms with Crippen molar-refractivity contribution in [2.45, 2.75) is 19.5 Å². The summed E-state index contributed by atoms with van der Waals surface area (Å²) in [5.74, 6) is -0.588. The largest absolute Gasteiger partial charge is 0.493 e. The van der Waals surface area contributed by atoms with E-state index in [-0.39, 0.29) is 11.3 Å². The van der Waals surface area contributed by atoms with Crippen LogP contribution in [0.1, 0.15) is 23.7 Å². The van der Waals surface area contributed by atoms with E-state index in [0.717, 1.165) is 19.1 Å². The number of hydrogen-bond acceptors (Lipinski definition) is 4. The third-order valence-corrected chi connectivity index (χ3v) is 2.20. The van der Waals surface area contributed by atoms with Gasteiger partial charge in [0, 0.05) is 0 Å². The van der Waals surface area contributed by atoms with E-state index in [1.54, 1.807) is 0 Å². The lowest BCUT2D eigenvalue weighted by Crippen LogP contribution is -2.13. The summed E-state index contributed by atoms with van der Waals surface area (Å²) in [6.07, 6.45) is -5.51. The first-order valence-corrected chi connectivity index (χ1v) is 5.19. The van der Waals surface area contributed by atoms with Crippen LogP contribution in [0.15, 0.2) is 18.2 Å². The van der Waals surface area contributed by atoms with Crippen LogP contribution >= 0.6 is 0 Å². The van der Waals surface area contributed by atoms with Gasteiger partial charge >= 0.3 is 6.18 Å². The van der Waals surface area contributed by atoms with Crippen molar-refractivity contribution in [3.8, 4) is 5.75 Å². The Morgan fingerprint density at radius 2 is 2.05 bits per heavy atom. The van der Waals surface area contributed by atoms with Gasteiger partial charge in [-0.05, 0) is 19.1 Å². The van der Waals surface area contributed by atoms with Gasteiger partial charge in [-0.25, -0.2) is 0 Å². The number of nitro groups is 1. The smallest absolute Gasteiger partial charge is 0.392 e. The van der Waals surface area contributed by atoms with Crippen molar-refractivity contribution in [3.63, 3.8) is 0 Å². The molecule has 1 rings (SSSR count). The fourth-order valence-electron chi connectivity index (χ4n) is 1.33. The van der Waals surface area contributed by atoms with Crippen molar-refractivity contribution >= 4 is 11.5 Å². The SMILES string of the molecule is CC(=O)c1ccc(OCCC(F)(F)F)cc1[N+](=O)[O-]. The minimum absolute atomic E-state index is 0.0825. The molecule has 1 aromatic carbocycles. The van der Waals surface area contributed by atoms with E-state index in [0.29, 0.717) is 0 Å². The summed E-state index contributed by atoms with van der Waals surface area (Å²) in [6, 6.07) is 3.32. The number of halogens is 3. The molecule has 0 fully saturated rings. The standard InChI is InChI=1S/C11H10F3NO4/c1-7(16)9-3-2-8(6-10(9)15(17)18)19-5-4-11(12,13)14/h2-3,6H,4-5H2,1H3. The second-order valence-corrected chi connectivity index (χ2v) is 3.71. The van der Waals surface area contributed by atoms with Crippen LogP contribution in [0.2, 0.25) is 0 Å². The predicted octanol–water partition coefficient (Wildman–Crippen LogP) is 3.13. The number of Topliss-reactive ketones (excluding diaryl/α,β-unsaturated/α-hetero) is 1. The second kappa shape index (κ2) is 5.68. The van der Waals surface area contributed by atoms with E-state index < -0.39 is 35.6 Å². The second-order valence-electron chi connectivity index (χ2n) is 3.71. The molecule has 0 amide bonds. The highest BCUT2D eigenvalue weighted by molar-refractivity contribution is 5.98. The van der Waals surface area contributed by atoms with Gasteiger partial charge in [-0.1, -0.05) is 0 Å². The Hall–Kier alpha value is -2.12. The normalized spacial score (nSPS) is 11.2. The Morgan fingerprint density at radius 1 is 1.42 bits per heavy atom. The van der Waals surface area contributed by atoms with Crippen molar-refractivity contribution in [2.75, 3.05) is 6.61 Å². The van der Waals surface area contributed by atoms with E-state index in [9.17, 15) is 28.1 Å². The van der Waals surface area contributed by atoms with Crippen LogP contribution in [-0.4, -0.2) is 23.5 Å². The van der Waals surface area contributed by atoms with Crippen LogP contribution in [0.3, 0.4) is 0 Å². The number of carbonyl (C=O) groups is 1. The maximum Gasteiger partial charge on any atom is 0.392 e. The molecular formula is C11H10F3NO4. The quantitative estimate of drug-likeness (QED) is 0.471. The molecule has 104 valence electrons. The number of benzene rings is 1. The van der Waals surface area contributed by atoms with E-state index in [2.05, 4.69) is 0 Å². The Balaban J connectivity index is 2.85. The average molecular weight is 277 g/mol. The lowest BCUT2D eigenvalue weighted by molar-refractivity contribution is -0.385. The minimum atomic E-state index is -4.36. The lowest BCUT2D eigenvalue weighted by atomic mass is 10.1. The van der Waals surface area contributed by atoms with Gasteiger partial charge in [-0.2, -0.15) is 13.2 Å². The fraction of sp³-hybridized carbons (Fsp3) is 0.364. The zero-order valence-corrected chi connectivity index (χ0v) is 9.86. The summed E-state index contributed by atoms with van der Waals surface area (Å²) < 4.78 is 40.5. The number of nitro benzene ring substituents is 1. The molecule has 5 nitrogen and oxygen atoms in total. The maximum atomic E-state index is 11.9. The number of rotatable bonds is 5. The van der Waals surface area contributed by atoms with E-state index in [1.807, 2.05) is 0 Å². The van der Waals surface area contributed by atoms with Crippen molar-refractivity contribution < 1.29 is 27.6 Å². The lowest BCUT2D eigenvalue weighted by Gasteiger charge is -2.09. The van der Waals surface area contributed by atoms with Gasteiger partial charge in [0.1, 0.15) is 5.75 Å². The highest BCUT2D eigenvalue weighted by Crippen LogP contribution is 2.26. The highest BCUT2D eigenvalue weighted by Gasteiger charge is 2.27. The van der Waals surface area contributed by atoms with Gasteiger partial charge in [-0.15, -0.1) is 0 Å². The van der Waals surface area contributed by atoms with Gasteiger partial charge in [0.05, 0.1) is 29.6 Å². The summed E-state index contributed by atoms with van der Waals surface area (Å²) in [5.41, 5.74) is -0.606. The van der Waals surface area contributed by atoms with Gasteiger partial charge in [0.2, 0.25) is 0 Å².